The van der Waals surface area contributed by atoms with Gasteiger partial charge in [0, 0.05) is 26.8 Å². The third kappa shape index (κ3) is 5.35. The average molecular weight is 499 g/mol. The number of para-hydroxylation sites is 2. The zero-order valence-corrected chi connectivity index (χ0v) is 20.6. The monoisotopic (exact) mass is 498 g/mol. The van der Waals surface area contributed by atoms with Gasteiger partial charge in [0.25, 0.3) is 0 Å². The second-order valence-corrected chi connectivity index (χ2v) is 9.40. The highest BCUT2D eigenvalue weighted by Gasteiger charge is 2.13. The molecule has 0 saturated heterocycles. The van der Waals surface area contributed by atoms with Gasteiger partial charge in [0.05, 0.1) is 0 Å². The van der Waals surface area contributed by atoms with Crippen molar-refractivity contribution < 1.29 is 9.90 Å². The summed E-state index contributed by atoms with van der Waals surface area (Å²) in [7, 11) is 0. The van der Waals surface area contributed by atoms with Crippen molar-refractivity contribution in [2.45, 2.75) is 0 Å². The van der Waals surface area contributed by atoms with Gasteiger partial charge in [-0.25, -0.2) is 4.79 Å². The molecule has 1 aromatic heterocycles. The van der Waals surface area contributed by atoms with Gasteiger partial charge in [-0.15, -0.1) is 11.3 Å². The molecule has 0 unspecified atom stereocenters. The third-order valence-corrected chi connectivity index (χ3v) is 7.09. The Bertz CT molecular complexity index is 1540. The molecule has 1 heterocycles. The quantitative estimate of drug-likeness (QED) is 0.180. The number of nitriles is 1. The first-order chi connectivity index (χ1) is 18.1. The maximum Gasteiger partial charge on any atom is 0.346 e. The first-order valence-corrected chi connectivity index (χ1v) is 12.5. The largest absolute Gasteiger partial charge is 0.477 e. The summed E-state index contributed by atoms with van der Waals surface area (Å²) < 4.78 is 0. The van der Waals surface area contributed by atoms with E-state index >= 15 is 0 Å². The van der Waals surface area contributed by atoms with Crippen LogP contribution in [0.5, 0.6) is 0 Å². The van der Waals surface area contributed by atoms with Crippen LogP contribution in [0.2, 0.25) is 0 Å². The number of aliphatic carboxylic acids is 1. The van der Waals surface area contributed by atoms with E-state index < -0.39 is 5.97 Å². The van der Waals surface area contributed by atoms with Gasteiger partial charge in [-0.2, -0.15) is 5.26 Å². The van der Waals surface area contributed by atoms with Crippen LogP contribution in [0.3, 0.4) is 0 Å². The summed E-state index contributed by atoms with van der Waals surface area (Å²) in [6.07, 6.45) is 1.38. The number of carbonyl (C=O) groups is 1. The molecule has 0 fully saturated rings. The predicted octanol–water partition coefficient (Wildman–Crippen LogP) is 8.54. The van der Waals surface area contributed by atoms with Crippen molar-refractivity contribution in [1.82, 2.24) is 0 Å². The number of carboxylic acid groups (broad SMARTS) is 1. The lowest BCUT2D eigenvalue weighted by atomic mass is 10.1. The highest BCUT2D eigenvalue weighted by atomic mass is 32.1. The van der Waals surface area contributed by atoms with Crippen LogP contribution in [0.1, 0.15) is 5.56 Å². The maximum atomic E-state index is 11.1. The lowest BCUT2D eigenvalue weighted by molar-refractivity contribution is -0.132. The van der Waals surface area contributed by atoms with Crippen LogP contribution >= 0.6 is 11.3 Å². The molecule has 0 aliphatic heterocycles. The van der Waals surface area contributed by atoms with E-state index in [0.717, 1.165) is 37.9 Å². The van der Waals surface area contributed by atoms with Crippen LogP contribution in [-0.4, -0.2) is 11.1 Å². The van der Waals surface area contributed by atoms with Gasteiger partial charge in [0.1, 0.15) is 11.6 Å². The zero-order chi connectivity index (χ0) is 25.6. The fraction of sp³-hybridized carbons (Fsp3) is 0. The zero-order valence-electron chi connectivity index (χ0n) is 19.8. The Morgan fingerprint density at radius 2 is 1.14 bits per heavy atom. The maximum absolute atomic E-state index is 11.1. The molecule has 5 aromatic rings. The van der Waals surface area contributed by atoms with Crippen LogP contribution in [-0.2, 0) is 4.79 Å². The fourth-order valence-electron chi connectivity index (χ4n) is 4.08. The van der Waals surface area contributed by atoms with Gasteiger partial charge in [0.2, 0.25) is 0 Å². The Hall–Kier alpha value is -4.92. The Labute approximate surface area is 219 Å². The van der Waals surface area contributed by atoms with Crippen molar-refractivity contribution in [2.75, 3.05) is 4.90 Å². The molecular weight excluding hydrogens is 476 g/mol. The number of anilines is 3. The molecule has 4 aromatic carbocycles. The molecule has 0 aliphatic rings. The van der Waals surface area contributed by atoms with Gasteiger partial charge in [-0.3, -0.25) is 0 Å². The second kappa shape index (κ2) is 10.8. The van der Waals surface area contributed by atoms with E-state index in [1.807, 2.05) is 60.7 Å². The molecule has 0 bridgehead atoms. The van der Waals surface area contributed by atoms with E-state index in [2.05, 4.69) is 65.6 Å². The van der Waals surface area contributed by atoms with E-state index in [-0.39, 0.29) is 5.57 Å². The molecule has 178 valence electrons. The van der Waals surface area contributed by atoms with E-state index in [4.69, 9.17) is 10.4 Å². The van der Waals surface area contributed by atoms with Crippen LogP contribution in [0.4, 0.5) is 17.1 Å². The van der Waals surface area contributed by atoms with E-state index in [0.29, 0.717) is 5.56 Å². The Balaban J connectivity index is 1.39. The second-order valence-electron chi connectivity index (χ2n) is 8.31. The molecule has 0 radical (unpaired) electrons. The molecular formula is C32H22N2O2S. The Morgan fingerprint density at radius 3 is 1.59 bits per heavy atom. The molecule has 0 saturated carbocycles. The normalized spacial score (nSPS) is 11.1. The van der Waals surface area contributed by atoms with Gasteiger partial charge in [0.15, 0.2) is 0 Å². The molecule has 0 amide bonds. The van der Waals surface area contributed by atoms with Crippen molar-refractivity contribution >= 4 is 40.4 Å². The Morgan fingerprint density at radius 1 is 0.676 bits per heavy atom. The SMILES string of the molecule is N#C/C(=C/c1ccc(-c2ccc(-c3ccc(N(c4ccccc4)c4ccccc4)cc3)s2)cc1)C(=O)O. The molecule has 0 spiro atoms. The van der Waals surface area contributed by atoms with Gasteiger partial charge in [-0.05, 0) is 71.3 Å². The number of thiophene rings is 1. The summed E-state index contributed by atoms with van der Waals surface area (Å²) in [4.78, 5) is 15.6. The molecule has 5 heteroatoms. The molecule has 37 heavy (non-hydrogen) atoms. The smallest absolute Gasteiger partial charge is 0.346 e. The minimum Gasteiger partial charge on any atom is -0.477 e. The van der Waals surface area contributed by atoms with Crippen molar-refractivity contribution in [1.29, 1.82) is 5.26 Å². The number of carboxylic acids is 1. The van der Waals surface area contributed by atoms with Crippen LogP contribution in [0.25, 0.3) is 27.0 Å². The number of rotatable bonds is 7. The number of hydrogen-bond acceptors (Lipinski definition) is 4. The van der Waals surface area contributed by atoms with E-state index in [9.17, 15) is 4.79 Å². The molecule has 5 rings (SSSR count). The summed E-state index contributed by atoms with van der Waals surface area (Å²) in [5.74, 6) is -1.23. The summed E-state index contributed by atoms with van der Waals surface area (Å²) >= 11 is 1.70. The first kappa shape index (κ1) is 23.8. The summed E-state index contributed by atoms with van der Waals surface area (Å²) in [5.41, 5.74) is 5.86. The van der Waals surface area contributed by atoms with Crippen molar-refractivity contribution in [3.63, 3.8) is 0 Å². The highest BCUT2D eigenvalue weighted by molar-refractivity contribution is 7.18. The lowest BCUT2D eigenvalue weighted by Crippen LogP contribution is -2.09. The minimum absolute atomic E-state index is 0.285. The topological polar surface area (TPSA) is 64.3 Å². The number of benzene rings is 4. The van der Waals surface area contributed by atoms with Gasteiger partial charge in [-0.1, -0.05) is 72.8 Å². The number of nitrogens with zero attached hydrogens (tertiary/aromatic N) is 2. The summed E-state index contributed by atoms with van der Waals surface area (Å²) in [5, 5.41) is 18.0. The first-order valence-electron chi connectivity index (χ1n) is 11.7. The van der Waals surface area contributed by atoms with Crippen LogP contribution in [0, 0.1) is 11.3 Å². The van der Waals surface area contributed by atoms with Gasteiger partial charge >= 0.3 is 5.97 Å². The number of hydrogen-bond donors (Lipinski definition) is 1. The standard InChI is InChI=1S/C32H22N2O2S/c33-22-26(32(35)36)21-23-11-13-24(14-12-23)30-19-20-31(37-30)25-15-17-29(18-16-25)34(27-7-3-1-4-8-27)28-9-5-2-6-10-28/h1-21H,(H,35,36)/b26-21-. The molecule has 1 N–H and O–H groups in total. The van der Waals surface area contributed by atoms with E-state index in [1.54, 1.807) is 17.4 Å². The molecule has 4 nitrogen and oxygen atoms in total. The Kier molecular flexibility index (Phi) is 6.93. The van der Waals surface area contributed by atoms with Crippen LogP contribution < -0.4 is 4.90 Å². The fourth-order valence-corrected chi connectivity index (χ4v) is 5.09. The molecule has 0 aliphatic carbocycles. The summed E-state index contributed by atoms with van der Waals surface area (Å²) in [6.45, 7) is 0. The van der Waals surface area contributed by atoms with E-state index in [1.165, 1.54) is 6.08 Å². The lowest BCUT2D eigenvalue weighted by Gasteiger charge is -2.25. The molecule has 0 atom stereocenters. The highest BCUT2D eigenvalue weighted by Crippen LogP contribution is 2.38. The summed E-state index contributed by atoms with van der Waals surface area (Å²) in [6, 6.07) is 42.7. The van der Waals surface area contributed by atoms with Gasteiger partial charge < -0.3 is 10.0 Å². The van der Waals surface area contributed by atoms with Crippen LogP contribution in [0.15, 0.2) is 127 Å². The third-order valence-electron chi connectivity index (χ3n) is 5.90. The van der Waals surface area contributed by atoms with Crippen molar-refractivity contribution in [3.05, 3.63) is 132 Å². The average Bonchev–Trinajstić information content (AvgIpc) is 3.44. The minimum atomic E-state index is -1.23. The van der Waals surface area contributed by atoms with Crippen molar-refractivity contribution in [3.8, 4) is 27.0 Å². The van der Waals surface area contributed by atoms with Crippen molar-refractivity contribution in [2.24, 2.45) is 0 Å². The predicted molar refractivity (Wildman–Crippen MR) is 151 cm³/mol.